The second-order valence-corrected chi connectivity index (χ2v) is 3.93. The third kappa shape index (κ3) is 2.47. The highest BCUT2D eigenvalue weighted by molar-refractivity contribution is 5.59. The van der Waals surface area contributed by atoms with Crippen LogP contribution >= 0.6 is 0 Å². The fraction of sp³-hybridized carbons (Fsp3) is 0.429. The Morgan fingerprint density at radius 1 is 1.07 bits per heavy atom. The third-order valence-corrected chi connectivity index (χ3v) is 2.74. The smallest absolute Gasteiger partial charge is 0.0199 e. The van der Waals surface area contributed by atoms with E-state index >= 15 is 0 Å². The maximum atomic E-state index is 2.27. The summed E-state index contributed by atoms with van der Waals surface area (Å²) < 4.78 is 0. The Morgan fingerprint density at radius 2 is 1.71 bits per heavy atom. The largest absolute Gasteiger partial charge is 0.0839 e. The zero-order chi connectivity index (χ0) is 10.6. The summed E-state index contributed by atoms with van der Waals surface area (Å²) in [6.07, 6.45) is 6.93. The van der Waals surface area contributed by atoms with Crippen LogP contribution in [0.1, 0.15) is 42.0 Å². The van der Waals surface area contributed by atoms with Crippen LogP contribution in [0.4, 0.5) is 0 Å². The van der Waals surface area contributed by atoms with Crippen LogP contribution in [0.5, 0.6) is 0 Å². The van der Waals surface area contributed by atoms with E-state index in [1.54, 1.807) is 0 Å². The average molecular weight is 188 g/mol. The third-order valence-electron chi connectivity index (χ3n) is 2.74. The highest BCUT2D eigenvalue weighted by atomic mass is 14.1. The van der Waals surface area contributed by atoms with Gasteiger partial charge in [0.25, 0.3) is 0 Å². The molecule has 1 rings (SSSR count). The lowest BCUT2D eigenvalue weighted by Crippen LogP contribution is -1.89. The van der Waals surface area contributed by atoms with Crippen molar-refractivity contribution in [3.8, 4) is 0 Å². The Morgan fingerprint density at radius 3 is 2.36 bits per heavy atom. The minimum atomic E-state index is 1.17. The zero-order valence-electron chi connectivity index (χ0n) is 9.72. The molecule has 0 aromatic heterocycles. The molecule has 0 saturated carbocycles. The van der Waals surface area contributed by atoms with E-state index in [9.17, 15) is 0 Å². The first-order valence-corrected chi connectivity index (χ1v) is 5.40. The Hall–Kier alpha value is -1.04. The first kappa shape index (κ1) is 11.0. The van der Waals surface area contributed by atoms with Crippen LogP contribution in [0.2, 0.25) is 0 Å². The van der Waals surface area contributed by atoms with E-state index in [0.29, 0.717) is 0 Å². The van der Waals surface area contributed by atoms with Gasteiger partial charge in [-0.25, -0.2) is 0 Å². The molecule has 0 aliphatic carbocycles. The lowest BCUT2D eigenvalue weighted by atomic mass is 9.98. The monoisotopic (exact) mass is 188 g/mol. The molecule has 0 N–H and O–H groups in total. The van der Waals surface area contributed by atoms with E-state index in [2.05, 4.69) is 52.0 Å². The first-order valence-electron chi connectivity index (χ1n) is 5.40. The summed E-state index contributed by atoms with van der Waals surface area (Å²) in [4.78, 5) is 0. The Bertz CT molecular complexity index is 332. The van der Waals surface area contributed by atoms with E-state index in [0.717, 1.165) is 0 Å². The highest BCUT2D eigenvalue weighted by Gasteiger charge is 2.00. The molecular weight excluding hydrogens is 168 g/mol. The standard InChI is InChI=1S/C14H20/c1-5-6-7-8-14-12(3)10-9-11(2)13(14)4/h7-10H,5-6H2,1-4H3. The van der Waals surface area contributed by atoms with Gasteiger partial charge in [-0.2, -0.15) is 0 Å². The molecule has 1 aromatic carbocycles. The molecule has 0 heterocycles. The average Bonchev–Trinajstić information content (AvgIpc) is 2.18. The van der Waals surface area contributed by atoms with Gasteiger partial charge < -0.3 is 0 Å². The van der Waals surface area contributed by atoms with Crippen LogP contribution in [0.15, 0.2) is 18.2 Å². The Balaban J connectivity index is 3.00. The van der Waals surface area contributed by atoms with Crippen LogP contribution in [0.25, 0.3) is 6.08 Å². The number of benzene rings is 1. The van der Waals surface area contributed by atoms with Crippen molar-refractivity contribution in [3.63, 3.8) is 0 Å². The second-order valence-electron chi connectivity index (χ2n) is 3.93. The molecule has 0 saturated heterocycles. The van der Waals surface area contributed by atoms with Gasteiger partial charge in [-0.3, -0.25) is 0 Å². The fourth-order valence-electron chi connectivity index (χ4n) is 1.60. The van der Waals surface area contributed by atoms with Crippen molar-refractivity contribution in [2.75, 3.05) is 0 Å². The molecule has 14 heavy (non-hydrogen) atoms. The molecule has 0 unspecified atom stereocenters. The van der Waals surface area contributed by atoms with Crippen LogP contribution in [0, 0.1) is 20.8 Å². The lowest BCUT2D eigenvalue weighted by molar-refractivity contribution is 0.962. The molecule has 0 radical (unpaired) electrons. The molecular formula is C14H20. The summed E-state index contributed by atoms with van der Waals surface area (Å²) in [5.74, 6) is 0. The lowest BCUT2D eigenvalue weighted by Gasteiger charge is -2.08. The van der Waals surface area contributed by atoms with Gasteiger partial charge in [0.15, 0.2) is 0 Å². The van der Waals surface area contributed by atoms with Gasteiger partial charge in [-0.15, -0.1) is 0 Å². The van der Waals surface area contributed by atoms with E-state index in [4.69, 9.17) is 0 Å². The maximum Gasteiger partial charge on any atom is -0.0199 e. The predicted octanol–water partition coefficient (Wildman–Crippen LogP) is 4.43. The number of unbranched alkanes of at least 4 members (excludes halogenated alkanes) is 1. The van der Waals surface area contributed by atoms with Crippen LogP contribution in [0.3, 0.4) is 0 Å². The molecule has 0 bridgehead atoms. The summed E-state index contributed by atoms with van der Waals surface area (Å²) in [6, 6.07) is 4.40. The summed E-state index contributed by atoms with van der Waals surface area (Å²) >= 11 is 0. The molecule has 0 fully saturated rings. The van der Waals surface area contributed by atoms with Crippen LogP contribution in [-0.2, 0) is 0 Å². The van der Waals surface area contributed by atoms with Gasteiger partial charge in [0.2, 0.25) is 0 Å². The van der Waals surface area contributed by atoms with E-state index < -0.39 is 0 Å². The Labute approximate surface area is 87.7 Å². The van der Waals surface area contributed by atoms with Crippen molar-refractivity contribution in [3.05, 3.63) is 40.5 Å². The summed E-state index contributed by atoms with van der Waals surface area (Å²) in [7, 11) is 0. The van der Waals surface area contributed by atoms with Crippen molar-refractivity contribution in [2.45, 2.75) is 40.5 Å². The van der Waals surface area contributed by atoms with Crippen LogP contribution in [-0.4, -0.2) is 0 Å². The molecule has 0 nitrogen and oxygen atoms in total. The zero-order valence-corrected chi connectivity index (χ0v) is 9.72. The van der Waals surface area contributed by atoms with E-state index in [-0.39, 0.29) is 0 Å². The van der Waals surface area contributed by atoms with Gasteiger partial charge in [-0.05, 0) is 49.4 Å². The molecule has 0 aliphatic rings. The highest BCUT2D eigenvalue weighted by Crippen LogP contribution is 2.19. The number of aryl methyl sites for hydroxylation is 2. The normalized spacial score (nSPS) is 11.1. The number of hydrogen-bond acceptors (Lipinski definition) is 0. The number of allylic oxidation sites excluding steroid dienone is 1. The number of rotatable bonds is 3. The summed E-state index contributed by atoms with van der Waals surface area (Å²) in [6.45, 7) is 8.76. The van der Waals surface area contributed by atoms with Crippen molar-refractivity contribution in [2.24, 2.45) is 0 Å². The summed E-state index contributed by atoms with van der Waals surface area (Å²) in [5, 5.41) is 0. The van der Waals surface area contributed by atoms with E-state index in [1.165, 1.54) is 35.1 Å². The van der Waals surface area contributed by atoms with Gasteiger partial charge in [0, 0.05) is 0 Å². The van der Waals surface area contributed by atoms with E-state index in [1.807, 2.05) is 0 Å². The minimum Gasteiger partial charge on any atom is -0.0839 e. The van der Waals surface area contributed by atoms with Crippen molar-refractivity contribution < 1.29 is 0 Å². The Kier molecular flexibility index (Phi) is 3.94. The fourth-order valence-corrected chi connectivity index (χ4v) is 1.60. The second kappa shape index (κ2) is 4.99. The SMILES string of the molecule is CCCC=Cc1c(C)ccc(C)c1C. The van der Waals surface area contributed by atoms with Crippen LogP contribution < -0.4 is 0 Å². The molecule has 0 amide bonds. The topological polar surface area (TPSA) is 0 Å². The van der Waals surface area contributed by atoms with Crippen molar-refractivity contribution in [1.82, 2.24) is 0 Å². The van der Waals surface area contributed by atoms with Gasteiger partial charge in [-0.1, -0.05) is 37.6 Å². The predicted molar refractivity (Wildman–Crippen MR) is 64.6 cm³/mol. The molecule has 0 atom stereocenters. The minimum absolute atomic E-state index is 1.17. The van der Waals surface area contributed by atoms with Gasteiger partial charge >= 0.3 is 0 Å². The van der Waals surface area contributed by atoms with Crippen molar-refractivity contribution in [1.29, 1.82) is 0 Å². The molecule has 1 aromatic rings. The summed E-state index contributed by atoms with van der Waals surface area (Å²) in [5.41, 5.74) is 5.57. The quantitative estimate of drug-likeness (QED) is 0.658. The molecule has 0 spiro atoms. The first-order chi connectivity index (χ1) is 6.66. The van der Waals surface area contributed by atoms with Gasteiger partial charge in [0.05, 0.1) is 0 Å². The van der Waals surface area contributed by atoms with Gasteiger partial charge in [0.1, 0.15) is 0 Å². The molecule has 0 heteroatoms. The molecule has 76 valence electrons. The maximum absolute atomic E-state index is 2.27. The van der Waals surface area contributed by atoms with Crippen molar-refractivity contribution >= 4 is 6.08 Å². The molecule has 0 aliphatic heterocycles. The number of hydrogen-bond donors (Lipinski definition) is 0.